The molecule has 0 saturated carbocycles. The lowest BCUT2D eigenvalue weighted by atomic mass is 10.1. The molecule has 1 aromatic carbocycles. The number of nitrogens with zero attached hydrogens (tertiary/aromatic N) is 2. The number of carbonyl (C=O) groups excluding carboxylic acids is 1. The van der Waals surface area contributed by atoms with Crippen molar-refractivity contribution in [2.45, 2.75) is 0 Å². The van der Waals surface area contributed by atoms with Gasteiger partial charge in [0.2, 0.25) is 0 Å². The molecule has 2 aromatic rings. The van der Waals surface area contributed by atoms with Crippen molar-refractivity contribution in [2.24, 2.45) is 5.73 Å². The molecule has 0 atom stereocenters. The van der Waals surface area contributed by atoms with Crippen LogP contribution in [0.15, 0.2) is 33.3 Å². The van der Waals surface area contributed by atoms with Crippen LogP contribution in [0.2, 0.25) is 0 Å². The van der Waals surface area contributed by atoms with E-state index in [4.69, 9.17) is 11.5 Å². The second kappa shape index (κ2) is 4.50. The first-order chi connectivity index (χ1) is 7.99. The van der Waals surface area contributed by atoms with E-state index in [1.807, 2.05) is 0 Å². The predicted octanol–water partition coefficient (Wildman–Crippen LogP) is 2.08. The molecule has 1 heterocycles. The zero-order valence-electron chi connectivity index (χ0n) is 8.52. The van der Waals surface area contributed by atoms with E-state index in [-0.39, 0.29) is 0 Å². The highest BCUT2D eigenvalue weighted by molar-refractivity contribution is 9.10. The molecule has 0 radical (unpaired) electrons. The summed E-state index contributed by atoms with van der Waals surface area (Å²) in [6, 6.07) is 5.12. The average molecular weight is 360 g/mol. The van der Waals surface area contributed by atoms with E-state index in [1.165, 1.54) is 4.68 Å². The molecule has 2 rings (SSSR count). The summed E-state index contributed by atoms with van der Waals surface area (Å²) < 4.78 is 2.99. The fourth-order valence-corrected chi connectivity index (χ4v) is 2.01. The third-order valence-corrected chi connectivity index (χ3v) is 3.27. The second-order valence-electron chi connectivity index (χ2n) is 3.33. The summed E-state index contributed by atoms with van der Waals surface area (Å²) in [7, 11) is 0. The maximum absolute atomic E-state index is 11.3. The molecular formula is C10H8Br2N4O. The van der Waals surface area contributed by atoms with Crippen molar-refractivity contribution in [3.05, 3.63) is 38.9 Å². The fraction of sp³-hybridized carbons (Fsp3) is 0. The van der Waals surface area contributed by atoms with Crippen LogP contribution in [-0.4, -0.2) is 15.7 Å². The number of nitrogen functional groups attached to an aromatic ring is 1. The van der Waals surface area contributed by atoms with Crippen LogP contribution in [0, 0.1) is 0 Å². The van der Waals surface area contributed by atoms with Gasteiger partial charge in [0.1, 0.15) is 0 Å². The molecule has 7 heteroatoms. The van der Waals surface area contributed by atoms with Crippen LogP contribution >= 0.6 is 31.9 Å². The van der Waals surface area contributed by atoms with Crippen molar-refractivity contribution in [1.29, 1.82) is 0 Å². The quantitative estimate of drug-likeness (QED) is 0.860. The smallest absolute Gasteiger partial charge is 0.250 e. The lowest BCUT2D eigenvalue weighted by Crippen LogP contribution is -2.15. The first-order valence-electron chi connectivity index (χ1n) is 4.59. The third kappa shape index (κ3) is 2.34. The predicted molar refractivity (Wildman–Crippen MR) is 71.9 cm³/mol. The van der Waals surface area contributed by atoms with Gasteiger partial charge in [0.25, 0.3) is 5.91 Å². The summed E-state index contributed by atoms with van der Waals surface area (Å²) in [5, 5.41) is 4.08. The lowest BCUT2D eigenvalue weighted by molar-refractivity contribution is 0.1000. The fourth-order valence-electron chi connectivity index (χ4n) is 1.39. The first-order valence-corrected chi connectivity index (χ1v) is 6.18. The Morgan fingerprint density at radius 1 is 1.35 bits per heavy atom. The standard InChI is InChI=1S/C10H8Br2N4O/c11-5-1-2-6(10(14)17)8(3-5)16-4-7(12)9(13)15-16/h1-4H,(H2,13,15)(H2,14,17). The number of hydrogen-bond donors (Lipinski definition) is 2. The highest BCUT2D eigenvalue weighted by Gasteiger charge is 2.12. The van der Waals surface area contributed by atoms with Gasteiger partial charge in [-0.3, -0.25) is 4.79 Å². The molecule has 1 amide bonds. The number of aromatic nitrogens is 2. The Hall–Kier alpha value is -1.34. The molecule has 4 N–H and O–H groups in total. The van der Waals surface area contributed by atoms with E-state index in [0.29, 0.717) is 21.5 Å². The second-order valence-corrected chi connectivity index (χ2v) is 5.10. The number of nitrogens with two attached hydrogens (primary N) is 2. The molecule has 0 spiro atoms. The Morgan fingerprint density at radius 2 is 2.06 bits per heavy atom. The maximum Gasteiger partial charge on any atom is 0.250 e. The molecular weight excluding hydrogens is 352 g/mol. The van der Waals surface area contributed by atoms with E-state index >= 15 is 0 Å². The minimum absolute atomic E-state index is 0.348. The van der Waals surface area contributed by atoms with E-state index < -0.39 is 5.91 Å². The van der Waals surface area contributed by atoms with Gasteiger partial charge in [-0.25, -0.2) is 4.68 Å². The molecule has 0 aliphatic carbocycles. The molecule has 17 heavy (non-hydrogen) atoms. The van der Waals surface area contributed by atoms with Gasteiger partial charge in [0.05, 0.1) is 15.7 Å². The van der Waals surface area contributed by atoms with Gasteiger partial charge < -0.3 is 11.5 Å². The molecule has 0 saturated heterocycles. The van der Waals surface area contributed by atoms with Crippen molar-refractivity contribution < 1.29 is 4.79 Å². The number of anilines is 1. The Balaban J connectivity index is 2.64. The van der Waals surface area contributed by atoms with Gasteiger partial charge in [-0.15, -0.1) is 5.10 Å². The van der Waals surface area contributed by atoms with Crippen molar-refractivity contribution in [3.8, 4) is 5.69 Å². The van der Waals surface area contributed by atoms with Crippen LogP contribution in [0.25, 0.3) is 5.69 Å². The largest absolute Gasteiger partial charge is 0.381 e. The SMILES string of the molecule is NC(=O)c1ccc(Br)cc1-n1cc(Br)c(N)n1. The monoisotopic (exact) mass is 358 g/mol. The summed E-state index contributed by atoms with van der Waals surface area (Å²) >= 11 is 6.59. The molecule has 0 fully saturated rings. The summed E-state index contributed by atoms with van der Waals surface area (Å²) in [5.41, 5.74) is 11.9. The van der Waals surface area contributed by atoms with E-state index in [0.717, 1.165) is 4.47 Å². The van der Waals surface area contributed by atoms with Gasteiger partial charge in [-0.2, -0.15) is 0 Å². The van der Waals surface area contributed by atoms with Crippen LogP contribution < -0.4 is 11.5 Å². The van der Waals surface area contributed by atoms with Crippen LogP contribution in [0.5, 0.6) is 0 Å². The number of amides is 1. The van der Waals surface area contributed by atoms with E-state index in [9.17, 15) is 4.79 Å². The summed E-state index contributed by atoms with van der Waals surface area (Å²) in [4.78, 5) is 11.3. The molecule has 1 aromatic heterocycles. The number of rotatable bonds is 2. The summed E-state index contributed by atoms with van der Waals surface area (Å²) in [5.74, 6) is -0.168. The average Bonchev–Trinajstić information content (AvgIpc) is 2.58. The topological polar surface area (TPSA) is 86.9 Å². The first kappa shape index (κ1) is 12.1. The molecule has 5 nitrogen and oxygen atoms in total. The number of hydrogen-bond acceptors (Lipinski definition) is 3. The zero-order valence-corrected chi connectivity index (χ0v) is 11.7. The lowest BCUT2D eigenvalue weighted by Gasteiger charge is -2.06. The van der Waals surface area contributed by atoms with Gasteiger partial charge in [-0.1, -0.05) is 15.9 Å². The molecule has 88 valence electrons. The van der Waals surface area contributed by atoms with Crippen LogP contribution in [0.3, 0.4) is 0 Å². The Kier molecular flexibility index (Phi) is 3.21. The Labute approximate surface area is 114 Å². The molecule has 0 bridgehead atoms. The van der Waals surface area contributed by atoms with Gasteiger partial charge in [0.15, 0.2) is 5.82 Å². The number of halogens is 2. The Morgan fingerprint density at radius 3 is 2.59 bits per heavy atom. The molecule has 0 aliphatic rings. The van der Waals surface area contributed by atoms with Crippen molar-refractivity contribution in [2.75, 3.05) is 5.73 Å². The van der Waals surface area contributed by atoms with Crippen molar-refractivity contribution in [1.82, 2.24) is 9.78 Å². The molecule has 0 aliphatic heterocycles. The highest BCUT2D eigenvalue weighted by atomic mass is 79.9. The Bertz CT molecular complexity index is 574. The summed E-state index contributed by atoms with van der Waals surface area (Å²) in [6.45, 7) is 0. The number of carbonyl (C=O) groups is 1. The van der Waals surface area contributed by atoms with Crippen molar-refractivity contribution in [3.63, 3.8) is 0 Å². The highest BCUT2D eigenvalue weighted by Crippen LogP contribution is 2.24. The molecule has 0 unspecified atom stereocenters. The van der Waals surface area contributed by atoms with Crippen LogP contribution in [0.4, 0.5) is 5.82 Å². The van der Waals surface area contributed by atoms with Crippen LogP contribution in [-0.2, 0) is 0 Å². The normalized spacial score (nSPS) is 10.5. The van der Waals surface area contributed by atoms with Crippen molar-refractivity contribution >= 4 is 43.6 Å². The van der Waals surface area contributed by atoms with Gasteiger partial charge in [0, 0.05) is 10.7 Å². The minimum atomic E-state index is -0.516. The van der Waals surface area contributed by atoms with Gasteiger partial charge in [-0.05, 0) is 34.1 Å². The maximum atomic E-state index is 11.3. The minimum Gasteiger partial charge on any atom is -0.381 e. The van der Waals surface area contributed by atoms with Gasteiger partial charge >= 0.3 is 0 Å². The number of benzene rings is 1. The van der Waals surface area contributed by atoms with Crippen LogP contribution in [0.1, 0.15) is 10.4 Å². The third-order valence-electron chi connectivity index (χ3n) is 2.17. The van der Waals surface area contributed by atoms with E-state index in [2.05, 4.69) is 37.0 Å². The summed E-state index contributed by atoms with van der Waals surface area (Å²) in [6.07, 6.45) is 1.67. The zero-order chi connectivity index (χ0) is 12.6. The number of primary amides is 1. The van der Waals surface area contributed by atoms with E-state index in [1.54, 1.807) is 24.4 Å².